The quantitative estimate of drug-likeness (QED) is 0.341. The highest BCUT2D eigenvalue weighted by Crippen LogP contribution is 2.33. The molecule has 1 unspecified atom stereocenters. The normalized spacial score (nSPS) is 12.8. The molecule has 2 amide bonds. The highest BCUT2D eigenvalue weighted by Gasteiger charge is 2.35. The van der Waals surface area contributed by atoms with E-state index in [1.54, 1.807) is 51.1 Å². The van der Waals surface area contributed by atoms with Gasteiger partial charge in [-0.15, -0.1) is 0 Å². The molecule has 0 fully saturated rings. The summed E-state index contributed by atoms with van der Waals surface area (Å²) in [7, 11) is -3.00. The van der Waals surface area contributed by atoms with E-state index in [9.17, 15) is 31.2 Å². The summed E-state index contributed by atoms with van der Waals surface area (Å²) in [5, 5.41) is 2.81. The number of alkyl halides is 3. The summed E-state index contributed by atoms with van der Waals surface area (Å²) in [6.45, 7) is 5.88. The van der Waals surface area contributed by atoms with Crippen molar-refractivity contribution in [1.29, 1.82) is 0 Å². The van der Waals surface area contributed by atoms with Crippen LogP contribution in [0, 0.1) is 0 Å². The average molecular weight is 606 g/mol. The van der Waals surface area contributed by atoms with Crippen molar-refractivity contribution >= 4 is 27.5 Å². The van der Waals surface area contributed by atoms with Crippen molar-refractivity contribution in [1.82, 2.24) is 10.2 Å². The summed E-state index contributed by atoms with van der Waals surface area (Å²) in [4.78, 5) is 28.0. The van der Waals surface area contributed by atoms with Crippen molar-refractivity contribution < 1.29 is 35.9 Å². The Hall–Kier alpha value is -4.06. The van der Waals surface area contributed by atoms with Crippen LogP contribution >= 0.6 is 0 Å². The van der Waals surface area contributed by atoms with Gasteiger partial charge in [-0.1, -0.05) is 36.4 Å². The van der Waals surface area contributed by atoms with E-state index in [0.29, 0.717) is 21.7 Å². The molecule has 3 aromatic rings. The Labute approximate surface area is 244 Å². The number of hydrogen-bond acceptors (Lipinski definition) is 5. The Bertz CT molecular complexity index is 1490. The van der Waals surface area contributed by atoms with Gasteiger partial charge in [-0.3, -0.25) is 13.9 Å². The topological polar surface area (TPSA) is 96.0 Å². The van der Waals surface area contributed by atoms with Gasteiger partial charge in [0.15, 0.2) is 0 Å². The van der Waals surface area contributed by atoms with E-state index in [2.05, 4.69) is 5.32 Å². The van der Waals surface area contributed by atoms with Crippen LogP contribution in [0.1, 0.15) is 38.8 Å². The highest BCUT2D eigenvalue weighted by atomic mass is 32.2. The van der Waals surface area contributed by atoms with Crippen molar-refractivity contribution in [3.8, 4) is 5.75 Å². The molecule has 0 radical (unpaired) electrons. The van der Waals surface area contributed by atoms with Gasteiger partial charge in [0, 0.05) is 12.1 Å². The zero-order valence-corrected chi connectivity index (χ0v) is 24.8. The first-order valence-electron chi connectivity index (χ1n) is 13.0. The standard InChI is InChI=1S/C30H34F3N3O5S/c1-21(28(38)34-29(2,3)4)35(19-22-14-16-25(41-5)17-15-22)27(37)20-36(42(39,40)26-12-7-6-8-13-26)24-11-9-10-23(18-24)30(31,32)33/h6-18,21H,19-20H2,1-5H3,(H,34,38). The number of anilines is 1. The van der Waals surface area contributed by atoms with E-state index < -0.39 is 51.7 Å². The van der Waals surface area contributed by atoms with E-state index in [1.165, 1.54) is 49.3 Å². The van der Waals surface area contributed by atoms with E-state index in [0.717, 1.165) is 12.1 Å². The van der Waals surface area contributed by atoms with Crippen molar-refractivity contribution in [2.75, 3.05) is 18.0 Å². The fourth-order valence-corrected chi connectivity index (χ4v) is 5.50. The molecule has 8 nitrogen and oxygen atoms in total. The van der Waals surface area contributed by atoms with Crippen LogP contribution in [0.3, 0.4) is 0 Å². The third-order valence-corrected chi connectivity index (χ3v) is 8.04. The van der Waals surface area contributed by atoms with Crippen molar-refractivity contribution in [2.45, 2.75) is 56.9 Å². The minimum absolute atomic E-state index is 0.0800. The molecule has 1 N–H and O–H groups in total. The zero-order chi connectivity index (χ0) is 31.3. The Kier molecular flexibility index (Phi) is 9.93. The van der Waals surface area contributed by atoms with Crippen LogP contribution in [0.5, 0.6) is 5.75 Å². The zero-order valence-electron chi connectivity index (χ0n) is 24.0. The van der Waals surface area contributed by atoms with Gasteiger partial charge in [0.2, 0.25) is 11.8 Å². The predicted molar refractivity (Wildman–Crippen MR) is 153 cm³/mol. The summed E-state index contributed by atoms with van der Waals surface area (Å²) < 4.78 is 74.0. The Morgan fingerprint density at radius 2 is 1.55 bits per heavy atom. The van der Waals surface area contributed by atoms with E-state index in [-0.39, 0.29) is 17.1 Å². The van der Waals surface area contributed by atoms with Gasteiger partial charge in [-0.2, -0.15) is 13.2 Å². The Balaban J connectivity index is 2.08. The summed E-state index contributed by atoms with van der Waals surface area (Å²) in [6.07, 6.45) is -4.75. The summed E-state index contributed by atoms with van der Waals surface area (Å²) in [5.74, 6) is -0.708. The van der Waals surface area contributed by atoms with E-state index >= 15 is 0 Å². The molecule has 12 heteroatoms. The maximum Gasteiger partial charge on any atom is 0.416 e. The third-order valence-electron chi connectivity index (χ3n) is 6.25. The largest absolute Gasteiger partial charge is 0.497 e. The molecule has 0 aliphatic carbocycles. The van der Waals surface area contributed by atoms with Crippen molar-refractivity contribution in [3.63, 3.8) is 0 Å². The van der Waals surface area contributed by atoms with Gasteiger partial charge >= 0.3 is 6.18 Å². The number of carbonyl (C=O) groups is 2. The lowest BCUT2D eigenvalue weighted by molar-refractivity contribution is -0.140. The lowest BCUT2D eigenvalue weighted by Crippen LogP contribution is -2.54. The number of nitrogens with one attached hydrogen (secondary N) is 1. The molecule has 0 bridgehead atoms. The number of nitrogens with zero attached hydrogens (tertiary/aromatic N) is 2. The van der Waals surface area contributed by atoms with Gasteiger partial charge in [0.05, 0.1) is 23.3 Å². The molecule has 0 saturated carbocycles. The lowest BCUT2D eigenvalue weighted by Gasteiger charge is -2.33. The SMILES string of the molecule is COc1ccc(CN(C(=O)CN(c2cccc(C(F)(F)F)c2)S(=O)(=O)c2ccccc2)C(C)C(=O)NC(C)(C)C)cc1. The molecule has 0 aliphatic heterocycles. The molecular weight excluding hydrogens is 571 g/mol. The van der Waals surface area contributed by atoms with Crippen LogP contribution in [0.15, 0.2) is 83.8 Å². The minimum Gasteiger partial charge on any atom is -0.497 e. The number of rotatable bonds is 10. The monoisotopic (exact) mass is 605 g/mol. The van der Waals surface area contributed by atoms with Gasteiger partial charge < -0.3 is 15.0 Å². The molecule has 0 aromatic heterocycles. The molecule has 226 valence electrons. The van der Waals surface area contributed by atoms with Gasteiger partial charge in [-0.25, -0.2) is 8.42 Å². The third kappa shape index (κ3) is 8.25. The Morgan fingerprint density at radius 1 is 0.929 bits per heavy atom. The minimum atomic E-state index is -4.75. The number of carbonyl (C=O) groups excluding carboxylic acids is 2. The van der Waals surface area contributed by atoms with Crippen LogP contribution in [-0.4, -0.2) is 50.4 Å². The van der Waals surface area contributed by atoms with Gasteiger partial charge in [-0.05, 0) is 75.7 Å². The number of halogens is 3. The van der Waals surface area contributed by atoms with Gasteiger partial charge in [0.1, 0.15) is 18.3 Å². The molecule has 3 rings (SSSR count). The summed E-state index contributed by atoms with van der Waals surface area (Å²) in [6, 6.07) is 16.5. The van der Waals surface area contributed by atoms with E-state index in [4.69, 9.17) is 4.74 Å². The maximum absolute atomic E-state index is 13.9. The molecular formula is C30H34F3N3O5S. The number of hydrogen-bond donors (Lipinski definition) is 1. The smallest absolute Gasteiger partial charge is 0.416 e. The second-order valence-corrected chi connectivity index (χ2v) is 12.5. The fraction of sp³-hybridized carbons (Fsp3) is 0.333. The molecule has 42 heavy (non-hydrogen) atoms. The first kappa shape index (κ1) is 32.5. The van der Waals surface area contributed by atoms with E-state index in [1.807, 2.05) is 0 Å². The molecule has 0 heterocycles. The second-order valence-electron chi connectivity index (χ2n) is 10.7. The predicted octanol–water partition coefficient (Wildman–Crippen LogP) is 5.24. The maximum atomic E-state index is 13.9. The second kappa shape index (κ2) is 12.8. The van der Waals surface area contributed by atoms with Crippen LogP contribution < -0.4 is 14.4 Å². The molecule has 1 atom stereocenters. The summed E-state index contributed by atoms with van der Waals surface area (Å²) in [5.41, 5.74) is -1.43. The van der Waals surface area contributed by atoms with Crippen LogP contribution in [0.4, 0.5) is 18.9 Å². The van der Waals surface area contributed by atoms with Crippen molar-refractivity contribution in [2.24, 2.45) is 0 Å². The Morgan fingerprint density at radius 3 is 2.10 bits per heavy atom. The highest BCUT2D eigenvalue weighted by molar-refractivity contribution is 7.92. The lowest BCUT2D eigenvalue weighted by atomic mass is 10.1. The van der Waals surface area contributed by atoms with Crippen LogP contribution in [0.25, 0.3) is 0 Å². The summed E-state index contributed by atoms with van der Waals surface area (Å²) >= 11 is 0. The van der Waals surface area contributed by atoms with Crippen LogP contribution in [0.2, 0.25) is 0 Å². The number of benzene rings is 3. The number of methoxy groups -OCH3 is 1. The number of ether oxygens (including phenoxy) is 1. The number of sulfonamides is 1. The molecule has 3 aromatic carbocycles. The first-order chi connectivity index (χ1) is 19.5. The molecule has 0 aliphatic rings. The molecule has 0 spiro atoms. The first-order valence-corrected chi connectivity index (χ1v) is 14.5. The van der Waals surface area contributed by atoms with Crippen molar-refractivity contribution in [3.05, 3.63) is 90.0 Å². The number of amides is 2. The average Bonchev–Trinajstić information content (AvgIpc) is 2.93. The van der Waals surface area contributed by atoms with Crippen LogP contribution in [-0.2, 0) is 32.3 Å². The fourth-order valence-electron chi connectivity index (χ4n) is 4.07. The molecule has 0 saturated heterocycles. The van der Waals surface area contributed by atoms with Gasteiger partial charge in [0.25, 0.3) is 10.0 Å².